The highest BCUT2D eigenvalue weighted by atomic mass is 127. The van der Waals surface area contributed by atoms with E-state index in [0.29, 0.717) is 6.54 Å². The summed E-state index contributed by atoms with van der Waals surface area (Å²) >= 11 is 2.16. The van der Waals surface area contributed by atoms with E-state index in [1.807, 2.05) is 31.3 Å². The van der Waals surface area contributed by atoms with Crippen molar-refractivity contribution in [3.8, 4) is 0 Å². The summed E-state index contributed by atoms with van der Waals surface area (Å²) < 4.78 is 0.979. The predicted octanol–water partition coefficient (Wildman–Crippen LogP) is 1.24. The first-order chi connectivity index (χ1) is 6.75. The number of hydrogen-bond acceptors (Lipinski definition) is 2. The van der Waals surface area contributed by atoms with Crippen LogP contribution in [0, 0.1) is 3.57 Å². The fourth-order valence-corrected chi connectivity index (χ4v) is 1.67. The number of hydrogen-bond donors (Lipinski definition) is 2. The first-order valence-electron chi connectivity index (χ1n) is 4.43. The Balaban J connectivity index is 2.56. The molecule has 2 N–H and O–H groups in total. The van der Waals surface area contributed by atoms with E-state index in [1.54, 1.807) is 0 Å². The molecule has 76 valence electrons. The van der Waals surface area contributed by atoms with Crippen molar-refractivity contribution >= 4 is 28.5 Å². The summed E-state index contributed by atoms with van der Waals surface area (Å²) in [7, 11) is 1.86. The quantitative estimate of drug-likeness (QED) is 0.649. The Hall–Kier alpha value is -0.620. The number of carbonyl (C=O) groups is 1. The Morgan fingerprint density at radius 2 is 2.07 bits per heavy atom. The molecule has 1 aromatic carbocycles. The van der Waals surface area contributed by atoms with Crippen LogP contribution >= 0.6 is 22.6 Å². The van der Waals surface area contributed by atoms with Crippen LogP contribution in [-0.4, -0.2) is 26.0 Å². The zero-order valence-corrected chi connectivity index (χ0v) is 10.2. The van der Waals surface area contributed by atoms with Crippen LogP contribution < -0.4 is 10.6 Å². The molecule has 1 rings (SSSR count). The van der Waals surface area contributed by atoms with E-state index in [9.17, 15) is 4.79 Å². The number of halogens is 1. The van der Waals surface area contributed by atoms with Crippen molar-refractivity contribution < 1.29 is 4.79 Å². The topological polar surface area (TPSA) is 41.1 Å². The van der Waals surface area contributed by atoms with E-state index in [-0.39, 0.29) is 5.91 Å². The highest BCUT2D eigenvalue weighted by Crippen LogP contribution is 2.10. The van der Waals surface area contributed by atoms with Gasteiger partial charge in [-0.1, -0.05) is 12.1 Å². The molecule has 0 aliphatic rings. The summed E-state index contributed by atoms with van der Waals surface area (Å²) in [5.74, 6) is -0.00903. The number of nitrogens with one attached hydrogen (secondary N) is 2. The first kappa shape index (κ1) is 11.5. The third-order valence-electron chi connectivity index (χ3n) is 1.78. The van der Waals surface area contributed by atoms with Gasteiger partial charge in [0, 0.05) is 16.7 Å². The molecule has 0 aliphatic heterocycles. The van der Waals surface area contributed by atoms with Crippen LogP contribution in [-0.2, 0) is 0 Å². The molecule has 0 atom stereocenters. The van der Waals surface area contributed by atoms with Crippen molar-refractivity contribution in [3.05, 3.63) is 33.4 Å². The zero-order valence-electron chi connectivity index (χ0n) is 8.01. The molecule has 4 heteroatoms. The summed E-state index contributed by atoms with van der Waals surface area (Å²) in [6.07, 6.45) is 0. The predicted molar refractivity (Wildman–Crippen MR) is 65.4 cm³/mol. The lowest BCUT2D eigenvalue weighted by Crippen LogP contribution is -2.30. The van der Waals surface area contributed by atoms with Gasteiger partial charge in [0.1, 0.15) is 0 Å². The van der Waals surface area contributed by atoms with E-state index >= 15 is 0 Å². The third kappa shape index (κ3) is 3.26. The summed E-state index contributed by atoms with van der Waals surface area (Å²) in [5.41, 5.74) is 0.740. The largest absolute Gasteiger partial charge is 0.351 e. The van der Waals surface area contributed by atoms with E-state index in [4.69, 9.17) is 0 Å². The van der Waals surface area contributed by atoms with Crippen molar-refractivity contribution in [2.24, 2.45) is 0 Å². The number of benzene rings is 1. The maximum Gasteiger partial charge on any atom is 0.252 e. The molecular weight excluding hydrogens is 291 g/mol. The van der Waals surface area contributed by atoms with Gasteiger partial charge in [0.2, 0.25) is 0 Å². The Morgan fingerprint density at radius 3 is 2.71 bits per heavy atom. The second kappa shape index (κ2) is 5.98. The molecule has 0 radical (unpaired) electrons. The number of likely N-dealkylation sites (N-methyl/N-ethyl adjacent to an activating group) is 1. The second-order valence-corrected chi connectivity index (χ2v) is 4.00. The second-order valence-electron chi connectivity index (χ2n) is 2.84. The van der Waals surface area contributed by atoms with Gasteiger partial charge in [-0.05, 0) is 41.8 Å². The van der Waals surface area contributed by atoms with Gasteiger partial charge in [0.25, 0.3) is 5.91 Å². The summed E-state index contributed by atoms with van der Waals surface area (Å²) in [4.78, 5) is 11.6. The Bertz CT molecular complexity index is 315. The molecule has 0 spiro atoms. The number of amides is 1. The average Bonchev–Trinajstić information content (AvgIpc) is 2.18. The zero-order chi connectivity index (χ0) is 10.4. The summed E-state index contributed by atoms with van der Waals surface area (Å²) in [5, 5.41) is 5.81. The standard InChI is InChI=1S/C10H13IN2O/c1-12-6-7-13-10(14)8-4-2-3-5-9(8)11/h2-5,12H,6-7H2,1H3,(H,13,14). The van der Waals surface area contributed by atoms with Gasteiger partial charge >= 0.3 is 0 Å². The van der Waals surface area contributed by atoms with E-state index < -0.39 is 0 Å². The lowest BCUT2D eigenvalue weighted by molar-refractivity contribution is 0.0953. The van der Waals surface area contributed by atoms with Crippen LogP contribution in [0.15, 0.2) is 24.3 Å². The van der Waals surface area contributed by atoms with Crippen LogP contribution in [0.5, 0.6) is 0 Å². The minimum Gasteiger partial charge on any atom is -0.351 e. The number of carbonyl (C=O) groups excluding carboxylic acids is 1. The van der Waals surface area contributed by atoms with Gasteiger partial charge in [-0.15, -0.1) is 0 Å². The smallest absolute Gasteiger partial charge is 0.252 e. The maximum absolute atomic E-state index is 11.6. The highest BCUT2D eigenvalue weighted by Gasteiger charge is 2.07. The first-order valence-corrected chi connectivity index (χ1v) is 5.51. The van der Waals surface area contributed by atoms with Crippen LogP contribution in [0.1, 0.15) is 10.4 Å². The molecule has 0 bridgehead atoms. The fraction of sp³-hybridized carbons (Fsp3) is 0.300. The molecule has 0 aliphatic carbocycles. The van der Waals surface area contributed by atoms with Gasteiger partial charge in [0.15, 0.2) is 0 Å². The van der Waals surface area contributed by atoms with Crippen LogP contribution in [0.4, 0.5) is 0 Å². The molecule has 1 aromatic rings. The third-order valence-corrected chi connectivity index (χ3v) is 2.72. The fourth-order valence-electron chi connectivity index (χ4n) is 1.04. The molecule has 1 amide bonds. The lowest BCUT2D eigenvalue weighted by Gasteiger charge is -2.05. The SMILES string of the molecule is CNCCNC(=O)c1ccccc1I. The summed E-state index contributed by atoms with van der Waals surface area (Å²) in [6.45, 7) is 1.44. The van der Waals surface area contributed by atoms with Gasteiger partial charge < -0.3 is 10.6 Å². The van der Waals surface area contributed by atoms with Crippen molar-refractivity contribution in [1.29, 1.82) is 0 Å². The molecule has 0 heterocycles. The minimum absolute atomic E-state index is 0.00903. The van der Waals surface area contributed by atoms with Crippen molar-refractivity contribution in [1.82, 2.24) is 10.6 Å². The van der Waals surface area contributed by atoms with Crippen molar-refractivity contribution in [3.63, 3.8) is 0 Å². The molecule has 3 nitrogen and oxygen atoms in total. The normalized spacial score (nSPS) is 9.86. The summed E-state index contributed by atoms with van der Waals surface area (Å²) in [6, 6.07) is 7.55. The Morgan fingerprint density at radius 1 is 1.36 bits per heavy atom. The monoisotopic (exact) mass is 304 g/mol. The molecule has 0 aromatic heterocycles. The van der Waals surface area contributed by atoms with E-state index in [0.717, 1.165) is 15.7 Å². The minimum atomic E-state index is -0.00903. The molecule has 0 saturated carbocycles. The average molecular weight is 304 g/mol. The lowest BCUT2D eigenvalue weighted by atomic mass is 10.2. The molecule has 14 heavy (non-hydrogen) atoms. The van der Waals surface area contributed by atoms with E-state index in [2.05, 4.69) is 33.2 Å². The Kier molecular flexibility index (Phi) is 4.89. The molecule has 0 saturated heterocycles. The molecular formula is C10H13IN2O. The van der Waals surface area contributed by atoms with Gasteiger partial charge in [-0.3, -0.25) is 4.79 Å². The van der Waals surface area contributed by atoms with Crippen LogP contribution in [0.25, 0.3) is 0 Å². The van der Waals surface area contributed by atoms with Gasteiger partial charge in [0.05, 0.1) is 5.56 Å². The van der Waals surface area contributed by atoms with Crippen molar-refractivity contribution in [2.75, 3.05) is 20.1 Å². The van der Waals surface area contributed by atoms with E-state index in [1.165, 1.54) is 0 Å². The van der Waals surface area contributed by atoms with Gasteiger partial charge in [-0.2, -0.15) is 0 Å². The number of rotatable bonds is 4. The maximum atomic E-state index is 11.6. The highest BCUT2D eigenvalue weighted by molar-refractivity contribution is 14.1. The molecule has 0 unspecified atom stereocenters. The van der Waals surface area contributed by atoms with Crippen molar-refractivity contribution in [2.45, 2.75) is 0 Å². The van der Waals surface area contributed by atoms with Gasteiger partial charge in [-0.25, -0.2) is 0 Å². The van der Waals surface area contributed by atoms with Crippen LogP contribution in [0.3, 0.4) is 0 Å². The Labute approximate surface area is 97.4 Å². The van der Waals surface area contributed by atoms with Crippen LogP contribution in [0.2, 0.25) is 0 Å². The molecule has 0 fully saturated rings.